The minimum absolute atomic E-state index is 0.552. The lowest BCUT2D eigenvalue weighted by Crippen LogP contribution is -2.34. The zero-order valence-corrected chi connectivity index (χ0v) is 11.6. The largest absolute Gasteiger partial charge is 0.385 e. The van der Waals surface area contributed by atoms with E-state index in [2.05, 4.69) is 32.0 Å². The molecule has 2 unspecified atom stereocenters. The maximum Gasteiger partial charge on any atom is 0.0901 e. The highest BCUT2D eigenvalue weighted by Crippen LogP contribution is 2.49. The average Bonchev–Trinajstić information content (AvgIpc) is 3.12. The number of hydrogen-bond acceptors (Lipinski definition) is 1. The molecular weight excluding hydrogens is 220 g/mol. The molecule has 0 spiro atoms. The van der Waals surface area contributed by atoms with Crippen LogP contribution < -0.4 is 0 Å². The molecule has 0 heterocycles. The summed E-state index contributed by atoms with van der Waals surface area (Å²) in [5, 5.41) is 11.1. The number of benzene rings is 1. The number of aliphatic hydroxyl groups is 1. The zero-order chi connectivity index (χ0) is 12.8. The second-order valence-electron chi connectivity index (χ2n) is 6.54. The fourth-order valence-electron chi connectivity index (χ4n) is 3.84. The second kappa shape index (κ2) is 4.38. The van der Waals surface area contributed by atoms with Gasteiger partial charge in [0.2, 0.25) is 0 Å². The smallest absolute Gasteiger partial charge is 0.0901 e. The fraction of sp³-hybridized carbons (Fsp3) is 0.647. The molecule has 3 rings (SSSR count). The summed E-state index contributed by atoms with van der Waals surface area (Å²) in [6.07, 6.45) is 7.24. The summed E-state index contributed by atoms with van der Waals surface area (Å²) in [7, 11) is 0. The van der Waals surface area contributed by atoms with Crippen molar-refractivity contribution in [2.75, 3.05) is 0 Å². The van der Waals surface area contributed by atoms with Crippen LogP contribution in [0.15, 0.2) is 18.2 Å². The van der Waals surface area contributed by atoms with E-state index in [0.29, 0.717) is 0 Å². The van der Waals surface area contributed by atoms with Gasteiger partial charge in [-0.25, -0.2) is 0 Å². The van der Waals surface area contributed by atoms with Crippen LogP contribution in [0.5, 0.6) is 0 Å². The minimum Gasteiger partial charge on any atom is -0.385 e. The van der Waals surface area contributed by atoms with Gasteiger partial charge in [0.25, 0.3) is 0 Å². The van der Waals surface area contributed by atoms with Gasteiger partial charge in [-0.3, -0.25) is 0 Å². The molecular formula is C17H24O. The molecule has 2 aliphatic rings. The summed E-state index contributed by atoms with van der Waals surface area (Å²) >= 11 is 0. The van der Waals surface area contributed by atoms with Crippen LogP contribution in [0.2, 0.25) is 0 Å². The Morgan fingerprint density at radius 1 is 1.11 bits per heavy atom. The van der Waals surface area contributed by atoms with Gasteiger partial charge in [-0.05, 0) is 75.3 Å². The molecule has 0 saturated heterocycles. The van der Waals surface area contributed by atoms with Crippen LogP contribution >= 0.6 is 0 Å². The van der Waals surface area contributed by atoms with E-state index in [1.165, 1.54) is 42.4 Å². The maximum atomic E-state index is 11.1. The zero-order valence-electron chi connectivity index (χ0n) is 11.6. The molecule has 0 radical (unpaired) electrons. The Bertz CT molecular complexity index is 447. The predicted octanol–water partition coefficient (Wildman–Crippen LogP) is 4.09. The summed E-state index contributed by atoms with van der Waals surface area (Å²) in [5.41, 5.74) is 3.17. The molecule has 1 aromatic rings. The Morgan fingerprint density at radius 2 is 1.89 bits per heavy atom. The van der Waals surface area contributed by atoms with Crippen LogP contribution in [0.3, 0.4) is 0 Å². The SMILES string of the molecule is Cc1ccc(C2(O)CCCC(C3CC3)C2)c(C)c1. The van der Waals surface area contributed by atoms with Crippen LogP contribution in [0.4, 0.5) is 0 Å². The van der Waals surface area contributed by atoms with Gasteiger partial charge in [0.15, 0.2) is 0 Å². The lowest BCUT2D eigenvalue weighted by Gasteiger charge is -2.38. The van der Waals surface area contributed by atoms with Crippen molar-refractivity contribution in [3.63, 3.8) is 0 Å². The van der Waals surface area contributed by atoms with E-state index in [4.69, 9.17) is 0 Å². The topological polar surface area (TPSA) is 20.2 Å². The van der Waals surface area contributed by atoms with Gasteiger partial charge >= 0.3 is 0 Å². The molecule has 2 saturated carbocycles. The summed E-state index contributed by atoms with van der Waals surface area (Å²) in [4.78, 5) is 0. The van der Waals surface area contributed by atoms with Crippen molar-refractivity contribution < 1.29 is 5.11 Å². The molecule has 1 heteroatoms. The van der Waals surface area contributed by atoms with Crippen LogP contribution in [-0.4, -0.2) is 5.11 Å². The van der Waals surface area contributed by atoms with Gasteiger partial charge < -0.3 is 5.11 Å². The molecule has 0 bridgehead atoms. The first-order chi connectivity index (χ1) is 8.58. The molecule has 2 atom stereocenters. The van der Waals surface area contributed by atoms with E-state index >= 15 is 0 Å². The van der Waals surface area contributed by atoms with Crippen molar-refractivity contribution in [1.29, 1.82) is 0 Å². The lowest BCUT2D eigenvalue weighted by atomic mass is 9.72. The van der Waals surface area contributed by atoms with E-state index in [-0.39, 0.29) is 0 Å². The summed E-state index contributed by atoms with van der Waals surface area (Å²) in [5.74, 6) is 1.69. The van der Waals surface area contributed by atoms with Crippen molar-refractivity contribution >= 4 is 0 Å². The van der Waals surface area contributed by atoms with Crippen molar-refractivity contribution in [1.82, 2.24) is 0 Å². The van der Waals surface area contributed by atoms with Crippen LogP contribution in [0.1, 0.15) is 55.2 Å². The number of aryl methyl sites for hydroxylation is 2. The van der Waals surface area contributed by atoms with Crippen molar-refractivity contribution in [3.05, 3.63) is 34.9 Å². The monoisotopic (exact) mass is 244 g/mol. The molecule has 1 aromatic carbocycles. The van der Waals surface area contributed by atoms with Crippen LogP contribution in [-0.2, 0) is 5.60 Å². The summed E-state index contributed by atoms with van der Waals surface area (Å²) < 4.78 is 0. The molecule has 98 valence electrons. The van der Waals surface area contributed by atoms with Gasteiger partial charge in [0, 0.05) is 0 Å². The first-order valence-corrected chi connectivity index (χ1v) is 7.39. The van der Waals surface area contributed by atoms with Crippen molar-refractivity contribution in [2.45, 2.75) is 58.0 Å². The first-order valence-electron chi connectivity index (χ1n) is 7.39. The van der Waals surface area contributed by atoms with E-state index in [9.17, 15) is 5.11 Å². The minimum atomic E-state index is -0.552. The summed E-state index contributed by atoms with van der Waals surface area (Å²) in [6.45, 7) is 4.26. The highest BCUT2D eigenvalue weighted by atomic mass is 16.3. The standard InChI is InChI=1S/C17H24O/c1-12-5-8-16(13(2)10-12)17(18)9-3-4-15(11-17)14-6-7-14/h5,8,10,14-15,18H,3-4,6-7,9,11H2,1-2H3. The van der Waals surface area contributed by atoms with E-state index < -0.39 is 5.60 Å². The van der Waals surface area contributed by atoms with E-state index in [0.717, 1.165) is 24.7 Å². The Morgan fingerprint density at radius 3 is 2.56 bits per heavy atom. The lowest BCUT2D eigenvalue weighted by molar-refractivity contribution is -0.0256. The predicted molar refractivity (Wildman–Crippen MR) is 74.5 cm³/mol. The molecule has 2 fully saturated rings. The molecule has 18 heavy (non-hydrogen) atoms. The quantitative estimate of drug-likeness (QED) is 0.830. The van der Waals surface area contributed by atoms with E-state index in [1.54, 1.807) is 0 Å². The van der Waals surface area contributed by atoms with Crippen molar-refractivity contribution in [3.8, 4) is 0 Å². The second-order valence-corrected chi connectivity index (χ2v) is 6.54. The van der Waals surface area contributed by atoms with Gasteiger partial charge in [-0.15, -0.1) is 0 Å². The third-order valence-electron chi connectivity index (χ3n) is 4.94. The molecule has 2 aliphatic carbocycles. The van der Waals surface area contributed by atoms with Crippen LogP contribution in [0, 0.1) is 25.7 Å². The fourth-order valence-corrected chi connectivity index (χ4v) is 3.84. The third-order valence-corrected chi connectivity index (χ3v) is 4.94. The summed E-state index contributed by atoms with van der Waals surface area (Å²) in [6, 6.07) is 6.50. The van der Waals surface area contributed by atoms with Gasteiger partial charge in [-0.1, -0.05) is 23.8 Å². The van der Waals surface area contributed by atoms with Crippen LogP contribution in [0.25, 0.3) is 0 Å². The first kappa shape index (κ1) is 12.2. The Balaban J connectivity index is 1.87. The Labute approximate surface area is 110 Å². The molecule has 0 amide bonds. The van der Waals surface area contributed by atoms with E-state index in [1.807, 2.05) is 0 Å². The Hall–Kier alpha value is -0.820. The molecule has 0 aliphatic heterocycles. The van der Waals surface area contributed by atoms with Gasteiger partial charge in [0.1, 0.15) is 0 Å². The normalized spacial score (nSPS) is 32.5. The highest BCUT2D eigenvalue weighted by molar-refractivity contribution is 5.35. The number of rotatable bonds is 2. The number of hydrogen-bond donors (Lipinski definition) is 1. The molecule has 1 nitrogen and oxygen atoms in total. The van der Waals surface area contributed by atoms with Gasteiger partial charge in [-0.2, -0.15) is 0 Å². The highest BCUT2D eigenvalue weighted by Gasteiger charge is 2.42. The molecule has 1 N–H and O–H groups in total. The van der Waals surface area contributed by atoms with Gasteiger partial charge in [0.05, 0.1) is 5.60 Å². The average molecular weight is 244 g/mol. The van der Waals surface area contributed by atoms with Crippen molar-refractivity contribution in [2.24, 2.45) is 11.8 Å². The third kappa shape index (κ3) is 2.21. The Kier molecular flexibility index (Phi) is 2.97. The molecule has 0 aromatic heterocycles. The maximum absolute atomic E-state index is 11.1.